The van der Waals surface area contributed by atoms with E-state index in [0.29, 0.717) is 5.69 Å². The molecular weight excluding hydrogens is 262 g/mol. The molecule has 2 aromatic rings. The van der Waals surface area contributed by atoms with E-state index in [1.807, 2.05) is 0 Å². The lowest BCUT2D eigenvalue weighted by Gasteiger charge is -2.16. The number of halogens is 4. The van der Waals surface area contributed by atoms with Crippen molar-refractivity contribution in [1.29, 1.82) is 0 Å². The number of ether oxygens (including phenoxy) is 1. The summed E-state index contributed by atoms with van der Waals surface area (Å²) >= 11 is 0. The third kappa shape index (κ3) is 1.89. The van der Waals surface area contributed by atoms with Crippen molar-refractivity contribution in [3.05, 3.63) is 53.6 Å². The van der Waals surface area contributed by atoms with Crippen molar-refractivity contribution >= 4 is 11.4 Å². The number of rotatable bonds is 1. The van der Waals surface area contributed by atoms with Gasteiger partial charge in [-0.2, -0.15) is 0 Å². The maximum atomic E-state index is 13.2. The highest BCUT2D eigenvalue weighted by Gasteiger charge is 2.25. The third-order valence-electron chi connectivity index (χ3n) is 2.86. The maximum Gasteiger partial charge on any atom is 0.165 e. The van der Waals surface area contributed by atoms with Gasteiger partial charge < -0.3 is 9.64 Å². The molecule has 0 aromatic heterocycles. The molecule has 1 heterocycles. The van der Waals surface area contributed by atoms with Crippen LogP contribution in [0.3, 0.4) is 0 Å². The minimum Gasteiger partial charge on any atom is -0.470 e. The lowest BCUT2D eigenvalue weighted by atomic mass is 10.2. The molecule has 3 rings (SSSR count). The Balaban J connectivity index is 2.06. The van der Waals surface area contributed by atoms with Gasteiger partial charge in [0.1, 0.15) is 5.75 Å². The predicted molar refractivity (Wildman–Crippen MR) is 60.4 cm³/mol. The summed E-state index contributed by atoms with van der Waals surface area (Å²) in [7, 11) is 0. The Bertz CT molecular complexity index is 659. The van der Waals surface area contributed by atoms with E-state index in [4.69, 9.17) is 4.74 Å². The highest BCUT2D eigenvalue weighted by molar-refractivity contribution is 5.71. The first-order valence-corrected chi connectivity index (χ1v) is 5.40. The van der Waals surface area contributed by atoms with Crippen LogP contribution in [-0.2, 0) is 0 Å². The zero-order valence-corrected chi connectivity index (χ0v) is 9.46. The van der Waals surface area contributed by atoms with Crippen LogP contribution < -0.4 is 9.64 Å². The smallest absolute Gasteiger partial charge is 0.165 e. The van der Waals surface area contributed by atoms with Gasteiger partial charge in [0.15, 0.2) is 30.0 Å². The number of anilines is 2. The Morgan fingerprint density at radius 1 is 0.842 bits per heavy atom. The van der Waals surface area contributed by atoms with E-state index in [1.165, 1.54) is 11.0 Å². The van der Waals surface area contributed by atoms with Crippen molar-refractivity contribution in [2.75, 3.05) is 11.6 Å². The number of hydrogen-bond acceptors (Lipinski definition) is 2. The predicted octanol–water partition coefficient (Wildman–Crippen LogP) is 3.73. The van der Waals surface area contributed by atoms with Crippen molar-refractivity contribution in [1.82, 2.24) is 0 Å². The van der Waals surface area contributed by atoms with Crippen LogP contribution in [0.1, 0.15) is 0 Å². The van der Waals surface area contributed by atoms with Crippen LogP contribution in [0.25, 0.3) is 0 Å². The van der Waals surface area contributed by atoms with Gasteiger partial charge in [-0.15, -0.1) is 0 Å². The molecule has 0 saturated carbocycles. The van der Waals surface area contributed by atoms with E-state index < -0.39 is 23.3 Å². The Labute approximate surface area is 105 Å². The molecule has 19 heavy (non-hydrogen) atoms. The number of hydrogen-bond donors (Lipinski definition) is 0. The molecule has 6 heteroatoms. The van der Waals surface area contributed by atoms with Gasteiger partial charge in [-0.25, -0.2) is 17.6 Å². The lowest BCUT2D eigenvalue weighted by molar-refractivity contribution is 0.355. The largest absolute Gasteiger partial charge is 0.470 e. The van der Waals surface area contributed by atoms with Crippen molar-refractivity contribution < 1.29 is 22.3 Å². The Morgan fingerprint density at radius 3 is 2.26 bits per heavy atom. The normalized spacial score (nSPS) is 13.4. The highest BCUT2D eigenvalue weighted by atomic mass is 19.2. The Kier molecular flexibility index (Phi) is 2.58. The zero-order chi connectivity index (χ0) is 13.6. The molecule has 98 valence electrons. The van der Waals surface area contributed by atoms with E-state index >= 15 is 0 Å². The third-order valence-corrected chi connectivity index (χ3v) is 2.86. The van der Waals surface area contributed by atoms with Crippen LogP contribution in [0.4, 0.5) is 28.9 Å². The van der Waals surface area contributed by atoms with Gasteiger partial charge in [-0.05, 0) is 12.1 Å². The minimum atomic E-state index is -1.03. The molecule has 0 radical (unpaired) electrons. The van der Waals surface area contributed by atoms with E-state index in [9.17, 15) is 17.6 Å². The minimum absolute atomic E-state index is 0.0245. The van der Waals surface area contributed by atoms with Gasteiger partial charge in [-0.1, -0.05) is 0 Å². The van der Waals surface area contributed by atoms with Crippen LogP contribution in [0.2, 0.25) is 0 Å². The van der Waals surface area contributed by atoms with E-state index in [2.05, 4.69) is 0 Å². The summed E-state index contributed by atoms with van der Waals surface area (Å²) in [5.41, 5.74) is 0.563. The number of nitrogens with zero attached hydrogens (tertiary/aromatic N) is 1. The molecule has 0 bridgehead atoms. The fourth-order valence-electron chi connectivity index (χ4n) is 1.91. The van der Waals surface area contributed by atoms with Gasteiger partial charge in [-0.3, -0.25) is 0 Å². The van der Waals surface area contributed by atoms with Crippen LogP contribution in [0, 0.1) is 23.3 Å². The van der Waals surface area contributed by atoms with Gasteiger partial charge in [0.2, 0.25) is 0 Å². The van der Waals surface area contributed by atoms with Crippen LogP contribution in [-0.4, -0.2) is 6.73 Å². The summed E-state index contributed by atoms with van der Waals surface area (Å²) < 4.78 is 57.5. The molecule has 2 nitrogen and oxygen atoms in total. The molecule has 0 amide bonds. The van der Waals surface area contributed by atoms with Gasteiger partial charge in [0.25, 0.3) is 0 Å². The first kappa shape index (κ1) is 11.8. The molecular formula is C13H7F4NO. The van der Waals surface area contributed by atoms with E-state index in [0.717, 1.165) is 24.3 Å². The average molecular weight is 269 g/mol. The maximum absolute atomic E-state index is 13.2. The van der Waals surface area contributed by atoms with Crippen LogP contribution >= 0.6 is 0 Å². The topological polar surface area (TPSA) is 12.5 Å². The zero-order valence-electron chi connectivity index (χ0n) is 9.46. The monoisotopic (exact) mass is 269 g/mol. The summed E-state index contributed by atoms with van der Waals surface area (Å²) in [5, 5.41) is 0. The van der Waals surface area contributed by atoms with Crippen molar-refractivity contribution in [2.24, 2.45) is 0 Å². The fraction of sp³-hybridized carbons (Fsp3) is 0.0769. The lowest BCUT2D eigenvalue weighted by Crippen LogP contribution is -2.15. The Morgan fingerprint density at radius 2 is 1.53 bits per heavy atom. The summed E-state index contributed by atoms with van der Waals surface area (Å²) in [5.74, 6) is -3.89. The van der Waals surface area contributed by atoms with Gasteiger partial charge in [0.05, 0.1) is 5.69 Å². The standard InChI is InChI=1S/C13H7F4NO/c14-8-2-1-7(3-9(8)15)18-6-19-13-5-11(17)10(16)4-12(13)18/h1-5H,6H2. The molecule has 0 aliphatic carbocycles. The molecule has 0 atom stereocenters. The summed E-state index contributed by atoms with van der Waals surface area (Å²) in [6.45, 7) is -0.0245. The fourth-order valence-corrected chi connectivity index (χ4v) is 1.91. The second-order valence-corrected chi connectivity index (χ2v) is 4.03. The molecule has 1 aliphatic heterocycles. The van der Waals surface area contributed by atoms with Crippen LogP contribution in [0.5, 0.6) is 5.75 Å². The second kappa shape index (κ2) is 4.15. The summed E-state index contributed by atoms with van der Waals surface area (Å²) in [6, 6.07) is 5.14. The van der Waals surface area contributed by atoms with Crippen molar-refractivity contribution in [3.8, 4) is 5.75 Å². The average Bonchev–Trinajstić information content (AvgIpc) is 2.76. The Hall–Kier alpha value is -2.24. The van der Waals surface area contributed by atoms with Gasteiger partial charge >= 0.3 is 0 Å². The molecule has 2 aromatic carbocycles. The first-order valence-electron chi connectivity index (χ1n) is 5.40. The van der Waals surface area contributed by atoms with E-state index in [1.54, 1.807) is 0 Å². The quantitative estimate of drug-likeness (QED) is 0.731. The molecule has 0 N–H and O–H groups in total. The summed E-state index contributed by atoms with van der Waals surface area (Å²) in [6.07, 6.45) is 0. The number of fused-ring (bicyclic) bond motifs is 1. The molecule has 0 fully saturated rings. The molecule has 0 spiro atoms. The second-order valence-electron chi connectivity index (χ2n) is 4.03. The summed E-state index contributed by atoms with van der Waals surface area (Å²) in [4.78, 5) is 1.42. The highest BCUT2D eigenvalue weighted by Crippen LogP contribution is 2.40. The van der Waals surface area contributed by atoms with E-state index in [-0.39, 0.29) is 18.2 Å². The van der Waals surface area contributed by atoms with Crippen LogP contribution in [0.15, 0.2) is 30.3 Å². The first-order chi connectivity index (χ1) is 9.06. The SMILES string of the molecule is Fc1ccc(N2COc3cc(F)c(F)cc32)cc1F. The van der Waals surface area contributed by atoms with Gasteiger partial charge in [0, 0.05) is 23.9 Å². The number of benzene rings is 2. The van der Waals surface area contributed by atoms with Crippen molar-refractivity contribution in [2.45, 2.75) is 0 Å². The molecule has 0 unspecified atom stereocenters. The molecule has 0 saturated heterocycles. The van der Waals surface area contributed by atoms with Crippen molar-refractivity contribution in [3.63, 3.8) is 0 Å². The molecule has 1 aliphatic rings.